The van der Waals surface area contributed by atoms with E-state index in [2.05, 4.69) is 5.32 Å². The highest BCUT2D eigenvalue weighted by Crippen LogP contribution is 2.25. The van der Waals surface area contributed by atoms with Crippen LogP contribution in [0.5, 0.6) is 0 Å². The van der Waals surface area contributed by atoms with Crippen molar-refractivity contribution in [2.24, 2.45) is 0 Å². The maximum atomic E-state index is 11.9. The molecule has 0 saturated carbocycles. The van der Waals surface area contributed by atoms with E-state index in [4.69, 9.17) is 15.7 Å². The minimum atomic E-state index is -0.576. The second-order valence-electron chi connectivity index (χ2n) is 4.48. The predicted octanol–water partition coefficient (Wildman–Crippen LogP) is 1.44. The van der Waals surface area contributed by atoms with E-state index in [1.54, 1.807) is 10.8 Å². The molecule has 0 unspecified atom stereocenters. The first-order valence-corrected chi connectivity index (χ1v) is 6.35. The van der Waals surface area contributed by atoms with Crippen molar-refractivity contribution in [2.75, 3.05) is 19.9 Å². The number of ether oxygens (including phenoxy) is 1. The summed E-state index contributed by atoms with van der Waals surface area (Å²) in [5, 5.41) is 12.2. The lowest BCUT2D eigenvalue weighted by molar-refractivity contribution is 0.0593. The molecule has 21 heavy (non-hydrogen) atoms. The summed E-state index contributed by atoms with van der Waals surface area (Å²) in [5.74, 6) is -0.576. The van der Waals surface area contributed by atoms with Crippen molar-refractivity contribution in [2.45, 2.75) is 6.54 Å². The lowest BCUT2D eigenvalue weighted by Gasteiger charge is -2.10. The molecule has 0 amide bonds. The number of hydrogen-bond donors (Lipinski definition) is 2. The number of nitrogens with zero attached hydrogens (tertiary/aromatic N) is 2. The summed E-state index contributed by atoms with van der Waals surface area (Å²) in [6.07, 6.45) is 1.54. The van der Waals surface area contributed by atoms with E-state index in [0.29, 0.717) is 6.54 Å². The fraction of sp³-hybridized carbons (Fsp3) is 0.200. The molecule has 108 valence electrons. The molecule has 2 rings (SSSR count). The van der Waals surface area contributed by atoms with Crippen molar-refractivity contribution < 1.29 is 9.53 Å². The highest BCUT2D eigenvalue weighted by atomic mass is 16.5. The summed E-state index contributed by atoms with van der Waals surface area (Å²) in [5.41, 5.74) is 8.20. The van der Waals surface area contributed by atoms with Crippen molar-refractivity contribution in [1.82, 2.24) is 9.88 Å². The average molecular weight is 284 g/mol. The fourth-order valence-corrected chi connectivity index (χ4v) is 2.14. The zero-order chi connectivity index (χ0) is 15.4. The Bertz CT molecular complexity index is 713. The van der Waals surface area contributed by atoms with Gasteiger partial charge in [-0.2, -0.15) is 5.26 Å². The fourth-order valence-electron chi connectivity index (χ4n) is 2.14. The Kier molecular flexibility index (Phi) is 4.26. The number of hydrogen-bond acceptors (Lipinski definition) is 5. The van der Waals surface area contributed by atoms with Gasteiger partial charge in [-0.05, 0) is 24.7 Å². The Hall–Kier alpha value is -2.78. The number of nitrogens with one attached hydrogen (secondary N) is 1. The van der Waals surface area contributed by atoms with Crippen LogP contribution in [0.25, 0.3) is 5.69 Å². The summed E-state index contributed by atoms with van der Waals surface area (Å²) in [6.45, 7) is 0.698. The van der Waals surface area contributed by atoms with Crippen molar-refractivity contribution in [3.05, 3.63) is 47.3 Å². The number of carbonyl (C=O) groups excluding carboxylic acids is 1. The third kappa shape index (κ3) is 2.73. The van der Waals surface area contributed by atoms with Gasteiger partial charge in [0, 0.05) is 18.4 Å². The third-order valence-electron chi connectivity index (χ3n) is 3.11. The van der Waals surface area contributed by atoms with Crippen LogP contribution in [0.2, 0.25) is 0 Å². The lowest BCUT2D eigenvalue weighted by atomic mass is 10.2. The number of methoxy groups -OCH3 is 1. The van der Waals surface area contributed by atoms with Gasteiger partial charge in [-0.25, -0.2) is 4.79 Å². The van der Waals surface area contributed by atoms with Crippen LogP contribution < -0.4 is 11.1 Å². The van der Waals surface area contributed by atoms with E-state index in [1.165, 1.54) is 7.11 Å². The van der Waals surface area contributed by atoms with Crippen LogP contribution >= 0.6 is 0 Å². The second kappa shape index (κ2) is 6.11. The van der Waals surface area contributed by atoms with Gasteiger partial charge in [0.25, 0.3) is 0 Å². The zero-order valence-corrected chi connectivity index (χ0v) is 11.9. The summed E-state index contributed by atoms with van der Waals surface area (Å²) in [4.78, 5) is 11.9. The molecule has 6 heteroatoms. The second-order valence-corrected chi connectivity index (χ2v) is 4.48. The molecule has 1 aromatic carbocycles. The van der Waals surface area contributed by atoms with Gasteiger partial charge in [-0.3, -0.25) is 0 Å². The maximum absolute atomic E-state index is 11.9. The molecule has 0 fully saturated rings. The molecule has 0 aliphatic carbocycles. The van der Waals surface area contributed by atoms with Crippen LogP contribution in [0, 0.1) is 11.3 Å². The van der Waals surface area contributed by atoms with Gasteiger partial charge in [0.05, 0.1) is 18.4 Å². The molecule has 1 heterocycles. The highest BCUT2D eigenvalue weighted by Gasteiger charge is 2.21. The van der Waals surface area contributed by atoms with Crippen LogP contribution in [0.15, 0.2) is 30.5 Å². The van der Waals surface area contributed by atoms with Gasteiger partial charge >= 0.3 is 5.97 Å². The Morgan fingerprint density at radius 2 is 2.29 bits per heavy atom. The number of nitriles is 1. The van der Waals surface area contributed by atoms with E-state index in [0.717, 1.165) is 11.3 Å². The lowest BCUT2D eigenvalue weighted by Crippen LogP contribution is -2.11. The Morgan fingerprint density at radius 1 is 1.52 bits per heavy atom. The third-order valence-corrected chi connectivity index (χ3v) is 3.11. The van der Waals surface area contributed by atoms with Gasteiger partial charge < -0.3 is 20.4 Å². The molecule has 0 aliphatic rings. The number of rotatable bonds is 4. The van der Waals surface area contributed by atoms with Crippen molar-refractivity contribution >= 4 is 11.7 Å². The molecule has 2 aromatic rings. The van der Waals surface area contributed by atoms with Gasteiger partial charge in [0.15, 0.2) is 5.69 Å². The molecule has 0 saturated heterocycles. The maximum Gasteiger partial charge on any atom is 0.357 e. The summed E-state index contributed by atoms with van der Waals surface area (Å²) >= 11 is 0. The van der Waals surface area contributed by atoms with Gasteiger partial charge in [0.2, 0.25) is 0 Å². The average Bonchev–Trinajstić information content (AvgIpc) is 2.84. The van der Waals surface area contributed by atoms with E-state index in [-0.39, 0.29) is 16.9 Å². The monoisotopic (exact) mass is 284 g/mol. The molecule has 3 N–H and O–H groups in total. The largest absolute Gasteiger partial charge is 0.464 e. The van der Waals surface area contributed by atoms with Crippen LogP contribution in [-0.2, 0) is 11.3 Å². The summed E-state index contributed by atoms with van der Waals surface area (Å²) in [6, 6.07) is 9.59. The first kappa shape index (κ1) is 14.6. The number of nitrogens with two attached hydrogens (primary N) is 1. The molecular formula is C15H16N4O2. The molecule has 0 bridgehead atoms. The number of anilines is 1. The quantitative estimate of drug-likeness (QED) is 0.829. The topological polar surface area (TPSA) is 93.1 Å². The smallest absolute Gasteiger partial charge is 0.357 e. The minimum Gasteiger partial charge on any atom is -0.464 e. The Morgan fingerprint density at radius 3 is 2.90 bits per heavy atom. The van der Waals surface area contributed by atoms with Crippen LogP contribution in [0.3, 0.4) is 0 Å². The van der Waals surface area contributed by atoms with Gasteiger partial charge in [-0.1, -0.05) is 12.1 Å². The SMILES string of the molecule is CNCc1cccc(-n2cc(C#N)c(N)c2C(=O)OC)c1. The van der Waals surface area contributed by atoms with E-state index in [1.807, 2.05) is 37.4 Å². The summed E-state index contributed by atoms with van der Waals surface area (Å²) in [7, 11) is 3.14. The van der Waals surface area contributed by atoms with Crippen LogP contribution in [-0.4, -0.2) is 24.7 Å². The predicted molar refractivity (Wildman–Crippen MR) is 79.0 cm³/mol. The van der Waals surface area contributed by atoms with Crippen molar-refractivity contribution in [3.63, 3.8) is 0 Å². The van der Waals surface area contributed by atoms with E-state index < -0.39 is 5.97 Å². The minimum absolute atomic E-state index is 0.128. The van der Waals surface area contributed by atoms with Crippen LogP contribution in [0.1, 0.15) is 21.6 Å². The van der Waals surface area contributed by atoms with Gasteiger partial charge in [-0.15, -0.1) is 0 Å². The molecule has 6 nitrogen and oxygen atoms in total. The molecular weight excluding hydrogens is 268 g/mol. The highest BCUT2D eigenvalue weighted by molar-refractivity contribution is 5.95. The standard InChI is InChI=1S/C15H16N4O2/c1-18-8-10-4-3-5-12(6-10)19-9-11(7-16)13(17)14(19)15(20)21-2/h3-6,9,18H,8,17H2,1-2H3. The van der Waals surface area contributed by atoms with E-state index in [9.17, 15) is 4.79 Å². The van der Waals surface area contributed by atoms with Gasteiger partial charge in [0.1, 0.15) is 6.07 Å². The molecule has 0 radical (unpaired) electrons. The molecule has 1 aromatic heterocycles. The zero-order valence-electron chi connectivity index (χ0n) is 11.9. The number of carbonyl (C=O) groups is 1. The number of aromatic nitrogens is 1. The molecule has 0 aliphatic heterocycles. The first-order chi connectivity index (χ1) is 10.1. The first-order valence-electron chi connectivity index (χ1n) is 6.35. The Labute approximate surface area is 122 Å². The normalized spacial score (nSPS) is 10.1. The number of benzene rings is 1. The van der Waals surface area contributed by atoms with Crippen LogP contribution in [0.4, 0.5) is 5.69 Å². The molecule has 0 atom stereocenters. The van der Waals surface area contributed by atoms with E-state index >= 15 is 0 Å². The summed E-state index contributed by atoms with van der Waals surface area (Å²) < 4.78 is 6.34. The molecule has 0 spiro atoms. The number of nitrogen functional groups attached to an aromatic ring is 1. The van der Waals surface area contributed by atoms with Crippen molar-refractivity contribution in [3.8, 4) is 11.8 Å². The number of esters is 1. The van der Waals surface area contributed by atoms with Crippen molar-refractivity contribution in [1.29, 1.82) is 5.26 Å². The Balaban J connectivity index is 2.60.